The smallest absolute Gasteiger partial charge is 0.191 e. The van der Waals surface area contributed by atoms with Crippen LogP contribution in [0, 0.1) is 0 Å². The lowest BCUT2D eigenvalue weighted by Gasteiger charge is -2.26. The molecule has 0 aliphatic carbocycles. The zero-order valence-electron chi connectivity index (χ0n) is 17.5. The second-order valence-corrected chi connectivity index (χ2v) is 6.66. The zero-order chi connectivity index (χ0) is 20.4. The van der Waals surface area contributed by atoms with E-state index in [1.165, 1.54) is 5.56 Å². The van der Waals surface area contributed by atoms with Crippen molar-refractivity contribution in [2.24, 2.45) is 4.99 Å². The number of guanidine groups is 1. The average Bonchev–Trinajstić information content (AvgIpc) is 2.72. The molecule has 2 aromatic carbocycles. The largest absolute Gasteiger partial charge is 0.493 e. The van der Waals surface area contributed by atoms with Crippen molar-refractivity contribution in [2.75, 3.05) is 41.4 Å². The van der Waals surface area contributed by atoms with Gasteiger partial charge in [-0.1, -0.05) is 36.4 Å². The molecule has 0 amide bonds. The molecule has 0 radical (unpaired) electrons. The first kappa shape index (κ1) is 21.6. The van der Waals surface area contributed by atoms with E-state index >= 15 is 0 Å². The molecule has 2 aromatic rings. The molecule has 0 heterocycles. The van der Waals surface area contributed by atoms with E-state index in [-0.39, 0.29) is 6.04 Å². The number of methoxy groups -OCH3 is 2. The summed E-state index contributed by atoms with van der Waals surface area (Å²) in [5, 5.41) is 6.78. The van der Waals surface area contributed by atoms with Gasteiger partial charge >= 0.3 is 0 Å². The molecule has 1 atom stereocenters. The van der Waals surface area contributed by atoms with E-state index in [0.717, 1.165) is 30.4 Å². The Labute approximate surface area is 168 Å². The second-order valence-electron chi connectivity index (χ2n) is 6.66. The number of ether oxygens (including phenoxy) is 2. The maximum atomic E-state index is 5.38. The lowest BCUT2D eigenvalue weighted by atomic mass is 10.1. The molecule has 0 aliphatic heterocycles. The Balaban J connectivity index is 2.07. The standard InChI is InChI=1S/C22H32N4O2/c1-6-23-22(24-15-17-12-13-20(27-4)21(14-17)28-5)25-16-19(26(2)3)18-10-8-7-9-11-18/h7-14,19H,6,15-16H2,1-5H3,(H2,23,24,25). The van der Waals surface area contributed by atoms with Gasteiger partial charge in [0, 0.05) is 13.1 Å². The van der Waals surface area contributed by atoms with E-state index in [0.29, 0.717) is 12.3 Å². The van der Waals surface area contributed by atoms with Gasteiger partial charge in [0.1, 0.15) is 0 Å². The van der Waals surface area contributed by atoms with Crippen LogP contribution < -0.4 is 20.1 Å². The highest BCUT2D eigenvalue weighted by molar-refractivity contribution is 5.79. The summed E-state index contributed by atoms with van der Waals surface area (Å²) in [6, 6.07) is 16.6. The molecule has 2 rings (SSSR count). The molecule has 0 saturated carbocycles. The number of hydrogen-bond donors (Lipinski definition) is 2. The van der Waals surface area contributed by atoms with E-state index in [2.05, 4.69) is 60.8 Å². The molecule has 0 fully saturated rings. The summed E-state index contributed by atoms with van der Waals surface area (Å²) in [5.74, 6) is 2.22. The summed E-state index contributed by atoms with van der Waals surface area (Å²) in [6.07, 6.45) is 0. The third-order valence-corrected chi connectivity index (χ3v) is 4.48. The van der Waals surface area contributed by atoms with Crippen molar-refractivity contribution >= 4 is 5.96 Å². The third kappa shape index (κ3) is 6.16. The molecule has 2 N–H and O–H groups in total. The fourth-order valence-electron chi connectivity index (χ4n) is 2.96. The number of likely N-dealkylation sites (N-methyl/N-ethyl adjacent to an activating group) is 1. The average molecular weight is 385 g/mol. The minimum atomic E-state index is 0.256. The van der Waals surface area contributed by atoms with Crippen molar-refractivity contribution in [1.29, 1.82) is 0 Å². The summed E-state index contributed by atoms with van der Waals surface area (Å²) in [5.41, 5.74) is 2.33. The first-order valence-electron chi connectivity index (χ1n) is 9.53. The van der Waals surface area contributed by atoms with Gasteiger partial charge in [0.2, 0.25) is 0 Å². The Kier molecular flexibility index (Phi) is 8.62. The molecule has 0 aliphatic rings. The van der Waals surface area contributed by atoms with Gasteiger partial charge < -0.3 is 25.0 Å². The van der Waals surface area contributed by atoms with E-state index in [1.807, 2.05) is 24.3 Å². The number of rotatable bonds is 9. The minimum Gasteiger partial charge on any atom is -0.493 e. The topological polar surface area (TPSA) is 58.1 Å². The van der Waals surface area contributed by atoms with Gasteiger partial charge in [0.15, 0.2) is 17.5 Å². The fourth-order valence-corrected chi connectivity index (χ4v) is 2.96. The summed E-state index contributed by atoms with van der Waals surface area (Å²) in [6.45, 7) is 4.17. The molecular formula is C22H32N4O2. The fraction of sp³-hybridized carbons (Fsp3) is 0.409. The van der Waals surface area contributed by atoms with Crippen molar-refractivity contribution in [1.82, 2.24) is 15.5 Å². The van der Waals surface area contributed by atoms with Crippen LogP contribution in [0.4, 0.5) is 0 Å². The molecule has 6 nitrogen and oxygen atoms in total. The Bertz CT molecular complexity index is 747. The lowest BCUT2D eigenvalue weighted by Crippen LogP contribution is -2.41. The number of hydrogen-bond acceptors (Lipinski definition) is 4. The molecule has 1 unspecified atom stereocenters. The second kappa shape index (κ2) is 11.2. The van der Waals surface area contributed by atoms with Gasteiger partial charge in [-0.05, 0) is 44.3 Å². The molecule has 6 heteroatoms. The van der Waals surface area contributed by atoms with Gasteiger partial charge in [-0.15, -0.1) is 0 Å². The monoisotopic (exact) mass is 384 g/mol. The molecule has 0 saturated heterocycles. The van der Waals surface area contributed by atoms with Crippen LogP contribution in [0.3, 0.4) is 0 Å². The Morgan fingerprint density at radius 2 is 1.71 bits per heavy atom. The molecule has 0 bridgehead atoms. The van der Waals surface area contributed by atoms with Crippen molar-refractivity contribution in [3.63, 3.8) is 0 Å². The van der Waals surface area contributed by atoms with Crippen LogP contribution in [0.1, 0.15) is 24.1 Å². The van der Waals surface area contributed by atoms with Gasteiger partial charge in [-0.2, -0.15) is 0 Å². The summed E-state index contributed by atoms with van der Waals surface area (Å²) >= 11 is 0. The highest BCUT2D eigenvalue weighted by Gasteiger charge is 2.14. The zero-order valence-corrected chi connectivity index (χ0v) is 17.5. The van der Waals surface area contributed by atoms with Crippen molar-refractivity contribution in [3.05, 3.63) is 59.7 Å². The quantitative estimate of drug-likeness (QED) is 0.514. The Hall–Kier alpha value is -2.73. The number of nitrogens with zero attached hydrogens (tertiary/aromatic N) is 2. The van der Waals surface area contributed by atoms with E-state index in [4.69, 9.17) is 14.5 Å². The molecular weight excluding hydrogens is 352 g/mol. The van der Waals surface area contributed by atoms with Crippen molar-refractivity contribution in [3.8, 4) is 11.5 Å². The number of benzene rings is 2. The first-order chi connectivity index (χ1) is 13.6. The normalized spacial score (nSPS) is 12.6. The van der Waals surface area contributed by atoms with Crippen LogP contribution in [0.5, 0.6) is 11.5 Å². The van der Waals surface area contributed by atoms with E-state index in [9.17, 15) is 0 Å². The van der Waals surface area contributed by atoms with Gasteiger partial charge in [0.05, 0.1) is 26.8 Å². The summed E-state index contributed by atoms with van der Waals surface area (Å²) in [7, 11) is 7.46. The van der Waals surface area contributed by atoms with E-state index < -0.39 is 0 Å². The molecule has 0 spiro atoms. The van der Waals surface area contributed by atoms with Crippen LogP contribution in [-0.4, -0.2) is 52.3 Å². The Morgan fingerprint density at radius 1 is 1.00 bits per heavy atom. The maximum absolute atomic E-state index is 5.38. The number of aliphatic imine (C=N–C) groups is 1. The third-order valence-electron chi connectivity index (χ3n) is 4.48. The molecule has 152 valence electrons. The maximum Gasteiger partial charge on any atom is 0.191 e. The summed E-state index contributed by atoms with van der Waals surface area (Å²) in [4.78, 5) is 6.93. The predicted molar refractivity (Wildman–Crippen MR) is 115 cm³/mol. The SMILES string of the molecule is CCNC(=NCc1ccc(OC)c(OC)c1)NCC(c1ccccc1)N(C)C. The van der Waals surface area contributed by atoms with Crippen LogP contribution in [0.25, 0.3) is 0 Å². The first-order valence-corrected chi connectivity index (χ1v) is 9.53. The van der Waals surface area contributed by atoms with Gasteiger partial charge in [-0.3, -0.25) is 0 Å². The van der Waals surface area contributed by atoms with Crippen molar-refractivity contribution < 1.29 is 9.47 Å². The van der Waals surface area contributed by atoms with Crippen LogP contribution in [-0.2, 0) is 6.54 Å². The number of nitrogens with one attached hydrogen (secondary N) is 2. The minimum absolute atomic E-state index is 0.256. The molecule has 28 heavy (non-hydrogen) atoms. The van der Waals surface area contributed by atoms with Gasteiger partial charge in [-0.25, -0.2) is 4.99 Å². The molecule has 0 aromatic heterocycles. The van der Waals surface area contributed by atoms with Crippen LogP contribution in [0.2, 0.25) is 0 Å². The lowest BCUT2D eigenvalue weighted by molar-refractivity contribution is 0.298. The highest BCUT2D eigenvalue weighted by atomic mass is 16.5. The van der Waals surface area contributed by atoms with Crippen LogP contribution in [0.15, 0.2) is 53.5 Å². The van der Waals surface area contributed by atoms with Crippen molar-refractivity contribution in [2.45, 2.75) is 19.5 Å². The van der Waals surface area contributed by atoms with Crippen LogP contribution >= 0.6 is 0 Å². The Morgan fingerprint density at radius 3 is 2.32 bits per heavy atom. The van der Waals surface area contributed by atoms with E-state index in [1.54, 1.807) is 14.2 Å². The highest BCUT2D eigenvalue weighted by Crippen LogP contribution is 2.27. The summed E-state index contributed by atoms with van der Waals surface area (Å²) < 4.78 is 10.7. The predicted octanol–water partition coefficient (Wildman–Crippen LogP) is 3.06. The van der Waals surface area contributed by atoms with Gasteiger partial charge in [0.25, 0.3) is 0 Å².